The molecule has 0 aliphatic heterocycles. The molecule has 160 valence electrons. The van der Waals surface area contributed by atoms with Gasteiger partial charge in [-0.25, -0.2) is 0 Å². The number of carbonyl (C=O) groups is 3. The van der Waals surface area contributed by atoms with Crippen LogP contribution < -0.4 is 15.4 Å². The molecule has 2 rings (SSSR count). The summed E-state index contributed by atoms with van der Waals surface area (Å²) in [6, 6.07) is 12.2. The average Bonchev–Trinajstić information content (AvgIpc) is 2.71. The number of aryl methyl sites for hydroxylation is 1. The third kappa shape index (κ3) is 7.75. The molecule has 0 radical (unpaired) electrons. The summed E-state index contributed by atoms with van der Waals surface area (Å²) < 4.78 is 10.4. The summed E-state index contributed by atoms with van der Waals surface area (Å²) in [7, 11) is 0. The fourth-order valence-corrected chi connectivity index (χ4v) is 2.72. The monoisotopic (exact) mass is 432 g/mol. The van der Waals surface area contributed by atoms with E-state index in [0.29, 0.717) is 35.2 Å². The smallest absolute Gasteiger partial charge is 0.306 e. The van der Waals surface area contributed by atoms with Gasteiger partial charge in [-0.15, -0.1) is 0 Å². The molecule has 0 saturated carbocycles. The van der Waals surface area contributed by atoms with Crippen LogP contribution in [-0.2, 0) is 19.1 Å². The number of amides is 2. The van der Waals surface area contributed by atoms with Crippen LogP contribution in [0.5, 0.6) is 5.75 Å². The van der Waals surface area contributed by atoms with Gasteiger partial charge in [0.25, 0.3) is 5.91 Å². The zero-order valence-corrected chi connectivity index (χ0v) is 17.8. The number of hydrogen-bond donors (Lipinski definition) is 2. The Hall–Kier alpha value is -3.06. The molecule has 0 spiro atoms. The third-order valence-electron chi connectivity index (χ3n) is 4.07. The van der Waals surface area contributed by atoms with E-state index in [1.165, 1.54) is 0 Å². The Bertz CT molecular complexity index is 901. The van der Waals surface area contributed by atoms with Crippen molar-refractivity contribution in [3.63, 3.8) is 0 Å². The molecule has 7 nitrogen and oxygen atoms in total. The van der Waals surface area contributed by atoms with Crippen molar-refractivity contribution in [2.45, 2.75) is 33.1 Å². The maximum absolute atomic E-state index is 12.0. The van der Waals surface area contributed by atoms with Crippen molar-refractivity contribution in [1.82, 2.24) is 0 Å². The number of anilines is 2. The minimum atomic E-state index is -0.547. The van der Waals surface area contributed by atoms with Crippen LogP contribution >= 0.6 is 11.6 Å². The van der Waals surface area contributed by atoms with Crippen molar-refractivity contribution in [1.29, 1.82) is 0 Å². The van der Waals surface area contributed by atoms with E-state index in [4.69, 9.17) is 21.1 Å². The molecule has 2 amide bonds. The second kappa shape index (κ2) is 11.8. The van der Waals surface area contributed by atoms with E-state index >= 15 is 0 Å². The summed E-state index contributed by atoms with van der Waals surface area (Å²) in [4.78, 5) is 35.8. The van der Waals surface area contributed by atoms with Crippen molar-refractivity contribution in [3.05, 3.63) is 53.1 Å². The molecule has 0 heterocycles. The minimum Gasteiger partial charge on any atom is -0.492 e. The zero-order valence-electron chi connectivity index (χ0n) is 17.0. The van der Waals surface area contributed by atoms with Crippen molar-refractivity contribution >= 4 is 40.8 Å². The van der Waals surface area contributed by atoms with E-state index in [-0.39, 0.29) is 18.7 Å². The Morgan fingerprint density at radius 3 is 2.50 bits per heavy atom. The van der Waals surface area contributed by atoms with E-state index < -0.39 is 18.5 Å². The first kappa shape index (κ1) is 23.2. The zero-order chi connectivity index (χ0) is 21.9. The molecule has 30 heavy (non-hydrogen) atoms. The second-order valence-electron chi connectivity index (χ2n) is 6.50. The molecule has 0 aliphatic carbocycles. The highest BCUT2D eigenvalue weighted by atomic mass is 35.5. The number of carbonyl (C=O) groups excluding carboxylic acids is 3. The molecule has 8 heteroatoms. The SMILES string of the molecule is CCOc1ccccc1NC(=O)COC(=O)CCCC(=O)Nc1ccc(C)c(Cl)c1. The number of halogens is 1. The Morgan fingerprint density at radius 1 is 1.00 bits per heavy atom. The van der Waals surface area contributed by atoms with E-state index in [9.17, 15) is 14.4 Å². The highest BCUT2D eigenvalue weighted by Gasteiger charge is 2.11. The molecule has 0 unspecified atom stereocenters. The lowest BCUT2D eigenvalue weighted by Gasteiger charge is -2.11. The second-order valence-corrected chi connectivity index (χ2v) is 6.91. The van der Waals surface area contributed by atoms with E-state index in [0.717, 1.165) is 5.56 Å². The van der Waals surface area contributed by atoms with Crippen LogP contribution in [0.25, 0.3) is 0 Å². The molecule has 0 aliphatic rings. The van der Waals surface area contributed by atoms with Crippen molar-refractivity contribution in [3.8, 4) is 5.75 Å². The van der Waals surface area contributed by atoms with Gasteiger partial charge in [-0.1, -0.05) is 29.8 Å². The molecule has 2 N–H and O–H groups in total. The quantitative estimate of drug-likeness (QED) is 0.545. The molecule has 0 fully saturated rings. The van der Waals surface area contributed by atoms with Crippen LogP contribution in [0.2, 0.25) is 5.02 Å². The summed E-state index contributed by atoms with van der Waals surface area (Å²) in [5, 5.41) is 5.94. The number of ether oxygens (including phenoxy) is 2. The van der Waals surface area contributed by atoms with E-state index in [1.807, 2.05) is 19.9 Å². The number of esters is 1. The van der Waals surface area contributed by atoms with Gasteiger partial charge in [0, 0.05) is 23.6 Å². The van der Waals surface area contributed by atoms with Gasteiger partial charge < -0.3 is 20.1 Å². The van der Waals surface area contributed by atoms with E-state index in [2.05, 4.69) is 10.6 Å². The van der Waals surface area contributed by atoms with Gasteiger partial charge in [-0.05, 0) is 50.1 Å². The molecule has 2 aromatic rings. The van der Waals surface area contributed by atoms with Gasteiger partial charge in [-0.3, -0.25) is 14.4 Å². The molecular formula is C22H25ClN2O5. The Labute approximate surface area is 180 Å². The first-order valence-corrected chi connectivity index (χ1v) is 10.00. The lowest BCUT2D eigenvalue weighted by atomic mass is 10.2. The fraction of sp³-hybridized carbons (Fsp3) is 0.318. The normalized spacial score (nSPS) is 10.2. The van der Waals surface area contributed by atoms with Crippen molar-refractivity contribution in [2.24, 2.45) is 0 Å². The van der Waals surface area contributed by atoms with Gasteiger partial charge in [0.2, 0.25) is 5.91 Å². The fourth-order valence-electron chi connectivity index (χ4n) is 2.54. The summed E-state index contributed by atoms with van der Waals surface area (Å²) in [6.07, 6.45) is 0.485. The number of hydrogen-bond acceptors (Lipinski definition) is 5. The summed E-state index contributed by atoms with van der Waals surface area (Å²) in [5.74, 6) is -0.701. The summed E-state index contributed by atoms with van der Waals surface area (Å²) in [5.41, 5.74) is 2.03. The van der Waals surface area contributed by atoms with Crippen molar-refractivity contribution < 1.29 is 23.9 Å². The van der Waals surface area contributed by atoms with Gasteiger partial charge >= 0.3 is 5.97 Å². The van der Waals surface area contributed by atoms with Crippen LogP contribution in [0, 0.1) is 6.92 Å². The molecular weight excluding hydrogens is 408 g/mol. The molecule has 0 bridgehead atoms. The number of rotatable bonds is 10. The predicted octanol–water partition coefficient (Wildman–Crippen LogP) is 4.34. The van der Waals surface area contributed by atoms with Crippen molar-refractivity contribution in [2.75, 3.05) is 23.8 Å². The lowest BCUT2D eigenvalue weighted by molar-refractivity contribution is -0.147. The first-order chi connectivity index (χ1) is 14.4. The largest absolute Gasteiger partial charge is 0.492 e. The summed E-state index contributed by atoms with van der Waals surface area (Å²) >= 11 is 6.03. The maximum Gasteiger partial charge on any atom is 0.306 e. The predicted molar refractivity (Wildman–Crippen MR) is 116 cm³/mol. The van der Waals surface area contributed by atoms with Crippen LogP contribution in [0.4, 0.5) is 11.4 Å². The highest BCUT2D eigenvalue weighted by Crippen LogP contribution is 2.23. The van der Waals surface area contributed by atoms with E-state index in [1.54, 1.807) is 36.4 Å². The number of para-hydroxylation sites is 2. The minimum absolute atomic E-state index is 0.0326. The van der Waals surface area contributed by atoms with Crippen LogP contribution in [0.15, 0.2) is 42.5 Å². The molecule has 0 saturated heterocycles. The first-order valence-electron chi connectivity index (χ1n) is 9.62. The number of benzene rings is 2. The third-order valence-corrected chi connectivity index (χ3v) is 4.47. The average molecular weight is 433 g/mol. The lowest BCUT2D eigenvalue weighted by Crippen LogP contribution is -2.21. The highest BCUT2D eigenvalue weighted by molar-refractivity contribution is 6.31. The standard InChI is InChI=1S/C22H25ClN2O5/c1-3-29-19-8-5-4-7-18(19)25-21(27)14-30-22(28)10-6-9-20(26)24-16-12-11-15(2)17(23)13-16/h4-5,7-8,11-13H,3,6,9-10,14H2,1-2H3,(H,24,26)(H,25,27). The maximum atomic E-state index is 12.0. The van der Waals surface area contributed by atoms with Gasteiger partial charge in [-0.2, -0.15) is 0 Å². The van der Waals surface area contributed by atoms with Gasteiger partial charge in [0.15, 0.2) is 6.61 Å². The molecule has 0 atom stereocenters. The number of nitrogens with one attached hydrogen (secondary N) is 2. The molecule has 0 aromatic heterocycles. The topological polar surface area (TPSA) is 93.7 Å². The summed E-state index contributed by atoms with van der Waals surface area (Å²) in [6.45, 7) is 3.77. The van der Waals surface area contributed by atoms with Crippen LogP contribution in [-0.4, -0.2) is 31.0 Å². The van der Waals surface area contributed by atoms with Crippen LogP contribution in [0.1, 0.15) is 31.7 Å². The Balaban J connectivity index is 1.67. The Kier molecular flexibility index (Phi) is 9.15. The van der Waals surface area contributed by atoms with Gasteiger partial charge in [0.1, 0.15) is 5.75 Å². The molecule has 2 aromatic carbocycles. The van der Waals surface area contributed by atoms with Gasteiger partial charge in [0.05, 0.1) is 12.3 Å². The van der Waals surface area contributed by atoms with Crippen LogP contribution in [0.3, 0.4) is 0 Å². The Morgan fingerprint density at radius 2 is 1.77 bits per heavy atom.